The van der Waals surface area contributed by atoms with Crippen LogP contribution in [0.4, 0.5) is 0 Å². The van der Waals surface area contributed by atoms with Gasteiger partial charge < -0.3 is 9.47 Å². The molecule has 1 aliphatic heterocycles. The smallest absolute Gasteiger partial charge is 0.382 e. The lowest BCUT2D eigenvalue weighted by molar-refractivity contribution is -0.151. The van der Waals surface area contributed by atoms with E-state index in [0.29, 0.717) is 5.56 Å². The van der Waals surface area contributed by atoms with Crippen molar-refractivity contribution in [2.45, 2.75) is 0 Å². The zero-order chi connectivity index (χ0) is 11.7. The SMILES string of the molecule is COC1=C(c2ccc(Br)cc2)C(=O)OC1=O. The number of halogens is 1. The Morgan fingerprint density at radius 3 is 2.31 bits per heavy atom. The largest absolute Gasteiger partial charge is 0.489 e. The predicted octanol–water partition coefficient (Wildman–Crippen LogP) is 1.89. The molecule has 0 N–H and O–H groups in total. The van der Waals surface area contributed by atoms with Gasteiger partial charge in [-0.15, -0.1) is 0 Å². The van der Waals surface area contributed by atoms with Crippen molar-refractivity contribution in [3.05, 3.63) is 40.1 Å². The summed E-state index contributed by atoms with van der Waals surface area (Å²) in [5.41, 5.74) is 0.760. The maximum Gasteiger partial charge on any atom is 0.382 e. The van der Waals surface area contributed by atoms with Gasteiger partial charge in [0.15, 0.2) is 0 Å². The molecule has 0 bridgehead atoms. The molecule has 1 aliphatic rings. The highest BCUT2D eigenvalue weighted by Crippen LogP contribution is 2.28. The Hall–Kier alpha value is -1.62. The van der Waals surface area contributed by atoms with Crippen LogP contribution in [-0.4, -0.2) is 19.0 Å². The van der Waals surface area contributed by atoms with E-state index in [-0.39, 0.29) is 11.3 Å². The molecular weight excluding hydrogens is 276 g/mol. The molecule has 0 atom stereocenters. The standard InChI is InChI=1S/C11H7BrO4/c1-15-9-8(10(13)16-11(9)14)6-2-4-7(12)5-3-6/h2-5H,1H3. The van der Waals surface area contributed by atoms with Crippen LogP contribution >= 0.6 is 15.9 Å². The molecule has 16 heavy (non-hydrogen) atoms. The zero-order valence-corrected chi connectivity index (χ0v) is 9.91. The number of rotatable bonds is 2. The van der Waals surface area contributed by atoms with Gasteiger partial charge in [-0.25, -0.2) is 9.59 Å². The molecule has 0 amide bonds. The van der Waals surface area contributed by atoms with Gasteiger partial charge in [-0.05, 0) is 17.7 Å². The van der Waals surface area contributed by atoms with Gasteiger partial charge in [-0.2, -0.15) is 0 Å². The van der Waals surface area contributed by atoms with Crippen LogP contribution in [-0.2, 0) is 19.1 Å². The van der Waals surface area contributed by atoms with Gasteiger partial charge in [0, 0.05) is 4.47 Å². The van der Waals surface area contributed by atoms with E-state index in [9.17, 15) is 9.59 Å². The first-order valence-corrected chi connectivity index (χ1v) is 5.23. The van der Waals surface area contributed by atoms with Gasteiger partial charge in [0.2, 0.25) is 5.76 Å². The fourth-order valence-corrected chi connectivity index (χ4v) is 1.69. The third-order valence-corrected chi connectivity index (χ3v) is 2.67. The Kier molecular flexibility index (Phi) is 2.78. The van der Waals surface area contributed by atoms with E-state index in [1.165, 1.54) is 7.11 Å². The van der Waals surface area contributed by atoms with Gasteiger partial charge in [-0.3, -0.25) is 0 Å². The monoisotopic (exact) mass is 282 g/mol. The average molecular weight is 283 g/mol. The highest BCUT2D eigenvalue weighted by molar-refractivity contribution is 9.10. The van der Waals surface area contributed by atoms with Gasteiger partial charge in [-0.1, -0.05) is 28.1 Å². The number of methoxy groups -OCH3 is 1. The van der Waals surface area contributed by atoms with Gasteiger partial charge in [0.1, 0.15) is 5.57 Å². The summed E-state index contributed by atoms with van der Waals surface area (Å²) >= 11 is 3.28. The highest BCUT2D eigenvalue weighted by atomic mass is 79.9. The maximum absolute atomic E-state index is 11.4. The molecule has 0 aromatic heterocycles. The first-order chi connectivity index (χ1) is 7.63. The van der Waals surface area contributed by atoms with E-state index in [1.807, 2.05) is 0 Å². The predicted molar refractivity (Wildman–Crippen MR) is 59.2 cm³/mol. The molecule has 1 aromatic rings. The Balaban J connectivity index is 2.53. The molecule has 0 saturated heterocycles. The van der Waals surface area contributed by atoms with Crippen molar-refractivity contribution in [2.24, 2.45) is 0 Å². The summed E-state index contributed by atoms with van der Waals surface area (Å²) in [6.45, 7) is 0. The van der Waals surface area contributed by atoms with Gasteiger partial charge in [0.05, 0.1) is 7.11 Å². The summed E-state index contributed by atoms with van der Waals surface area (Å²) in [6, 6.07) is 6.95. The molecule has 1 heterocycles. The second kappa shape index (κ2) is 4.09. The van der Waals surface area contributed by atoms with Crippen molar-refractivity contribution in [3.8, 4) is 0 Å². The summed E-state index contributed by atoms with van der Waals surface area (Å²) < 4.78 is 10.2. The van der Waals surface area contributed by atoms with E-state index in [1.54, 1.807) is 24.3 Å². The molecule has 0 fully saturated rings. The second-order valence-corrected chi connectivity index (χ2v) is 4.01. The van der Waals surface area contributed by atoms with Crippen molar-refractivity contribution in [3.63, 3.8) is 0 Å². The van der Waals surface area contributed by atoms with Crippen LogP contribution in [0.15, 0.2) is 34.5 Å². The Labute approximate surface area is 100.0 Å². The van der Waals surface area contributed by atoms with Crippen LogP contribution < -0.4 is 0 Å². The third-order valence-electron chi connectivity index (χ3n) is 2.14. The summed E-state index contributed by atoms with van der Waals surface area (Å²) in [5, 5.41) is 0. The van der Waals surface area contributed by atoms with Crippen LogP contribution in [0.3, 0.4) is 0 Å². The number of esters is 2. The second-order valence-electron chi connectivity index (χ2n) is 3.09. The molecule has 0 radical (unpaired) electrons. The Bertz CT molecular complexity index is 487. The van der Waals surface area contributed by atoms with Crippen molar-refractivity contribution in [1.82, 2.24) is 0 Å². The lowest BCUT2D eigenvalue weighted by Crippen LogP contribution is -2.02. The zero-order valence-electron chi connectivity index (χ0n) is 8.32. The molecular formula is C11H7BrO4. The molecule has 0 aliphatic carbocycles. The highest BCUT2D eigenvalue weighted by Gasteiger charge is 2.35. The molecule has 0 saturated carbocycles. The minimum absolute atomic E-state index is 0.0488. The van der Waals surface area contributed by atoms with E-state index in [0.717, 1.165) is 4.47 Å². The van der Waals surface area contributed by atoms with E-state index < -0.39 is 11.9 Å². The van der Waals surface area contributed by atoms with Crippen molar-refractivity contribution < 1.29 is 19.1 Å². The Morgan fingerprint density at radius 1 is 1.12 bits per heavy atom. The summed E-state index contributed by atoms with van der Waals surface area (Å²) in [5.74, 6) is -1.47. The number of ether oxygens (including phenoxy) is 2. The summed E-state index contributed by atoms with van der Waals surface area (Å²) in [7, 11) is 1.33. The van der Waals surface area contributed by atoms with Crippen LogP contribution in [0.1, 0.15) is 5.56 Å². The number of hydrogen-bond acceptors (Lipinski definition) is 4. The minimum Gasteiger partial charge on any atom is -0.489 e. The van der Waals surface area contributed by atoms with E-state index in [4.69, 9.17) is 4.74 Å². The van der Waals surface area contributed by atoms with E-state index in [2.05, 4.69) is 20.7 Å². The third kappa shape index (κ3) is 1.74. The first kappa shape index (κ1) is 10.9. The van der Waals surface area contributed by atoms with E-state index >= 15 is 0 Å². The molecule has 0 spiro atoms. The van der Waals surface area contributed by atoms with Crippen LogP contribution in [0, 0.1) is 0 Å². The van der Waals surface area contributed by atoms with Crippen LogP contribution in [0.2, 0.25) is 0 Å². The van der Waals surface area contributed by atoms with Gasteiger partial charge in [0.25, 0.3) is 0 Å². The van der Waals surface area contributed by atoms with Crippen molar-refractivity contribution in [2.75, 3.05) is 7.11 Å². The Morgan fingerprint density at radius 2 is 1.75 bits per heavy atom. The molecule has 82 valence electrons. The fourth-order valence-electron chi connectivity index (χ4n) is 1.43. The molecule has 5 heteroatoms. The first-order valence-electron chi connectivity index (χ1n) is 4.44. The summed E-state index contributed by atoms with van der Waals surface area (Å²) in [6.07, 6.45) is 0. The van der Waals surface area contributed by atoms with Crippen molar-refractivity contribution >= 4 is 33.4 Å². The van der Waals surface area contributed by atoms with Gasteiger partial charge >= 0.3 is 11.9 Å². The number of cyclic esters (lactones) is 2. The quantitative estimate of drug-likeness (QED) is 0.614. The topological polar surface area (TPSA) is 52.6 Å². The molecule has 4 nitrogen and oxygen atoms in total. The van der Waals surface area contributed by atoms with Crippen LogP contribution in [0.5, 0.6) is 0 Å². The molecule has 0 unspecified atom stereocenters. The number of carbonyl (C=O) groups is 2. The minimum atomic E-state index is -0.745. The number of benzene rings is 1. The summed E-state index contributed by atoms with van der Waals surface area (Å²) in [4.78, 5) is 22.7. The number of hydrogen-bond donors (Lipinski definition) is 0. The molecule has 1 aromatic carbocycles. The van der Waals surface area contributed by atoms with Crippen molar-refractivity contribution in [1.29, 1.82) is 0 Å². The maximum atomic E-state index is 11.4. The lowest BCUT2D eigenvalue weighted by atomic mass is 10.1. The number of carbonyl (C=O) groups excluding carboxylic acids is 2. The lowest BCUT2D eigenvalue weighted by Gasteiger charge is -2.01. The van der Waals surface area contributed by atoms with Crippen LogP contribution in [0.25, 0.3) is 5.57 Å². The normalized spacial score (nSPS) is 15.4. The fraction of sp³-hybridized carbons (Fsp3) is 0.0909. The molecule has 2 rings (SSSR count). The average Bonchev–Trinajstić information content (AvgIpc) is 2.54.